The Morgan fingerprint density at radius 2 is 1.27 bits per heavy atom. The van der Waals surface area contributed by atoms with Crippen molar-refractivity contribution < 1.29 is 19.2 Å². The average Bonchev–Trinajstić information content (AvgIpc) is 3.05. The molecule has 0 fully saturated rings. The number of amides is 1. The van der Waals surface area contributed by atoms with Crippen molar-refractivity contribution in [1.29, 1.82) is 0 Å². The van der Waals surface area contributed by atoms with Gasteiger partial charge in [-0.2, -0.15) is 0 Å². The summed E-state index contributed by atoms with van der Waals surface area (Å²) in [4.78, 5) is 59.1. The summed E-state index contributed by atoms with van der Waals surface area (Å²) in [6, 6.07) is 18.2. The van der Waals surface area contributed by atoms with Gasteiger partial charge in [0, 0.05) is 43.2 Å². The van der Waals surface area contributed by atoms with E-state index in [2.05, 4.69) is 22.5 Å². The number of hydrogen-bond acceptors (Lipinski definition) is 6. The number of aliphatic imine (C=N–C) groups is 1. The Morgan fingerprint density at radius 3 is 1.81 bits per heavy atom. The zero-order valence-electron chi connectivity index (χ0n) is 29.8. The van der Waals surface area contributed by atoms with Gasteiger partial charge in [-0.3, -0.25) is 24.2 Å². The van der Waals surface area contributed by atoms with Crippen LogP contribution in [0.1, 0.15) is 97.1 Å². The number of Topliss-reactive ketones (excluding diaryl/α,β-unsaturated/α-hetero) is 3. The quantitative estimate of drug-likeness (QED) is 0.0673. The van der Waals surface area contributed by atoms with Crippen LogP contribution in [0.3, 0.4) is 0 Å². The molecule has 4 unspecified atom stereocenters. The molecule has 4 atom stereocenters. The van der Waals surface area contributed by atoms with Gasteiger partial charge < -0.3 is 22.1 Å². The Labute approximate surface area is 288 Å². The summed E-state index contributed by atoms with van der Waals surface area (Å²) < 4.78 is 0. The third-order valence-electron chi connectivity index (χ3n) is 8.57. The summed E-state index contributed by atoms with van der Waals surface area (Å²) in [6.07, 6.45) is 5.22. The number of rotatable bonds is 24. The molecule has 2 aromatic carbocycles. The number of benzene rings is 2. The molecule has 0 aromatic heterocycles. The van der Waals surface area contributed by atoms with Gasteiger partial charge in [0.2, 0.25) is 5.91 Å². The number of hydrogen-bond donors (Lipinski definition) is 4. The van der Waals surface area contributed by atoms with Crippen molar-refractivity contribution in [2.75, 3.05) is 6.54 Å². The number of guanidine groups is 1. The van der Waals surface area contributed by atoms with Crippen LogP contribution in [-0.2, 0) is 32.0 Å². The summed E-state index contributed by atoms with van der Waals surface area (Å²) in [7, 11) is 0. The Bertz CT molecular complexity index is 1290. The van der Waals surface area contributed by atoms with Crippen LogP contribution >= 0.6 is 0 Å². The Morgan fingerprint density at radius 1 is 0.708 bits per heavy atom. The third kappa shape index (κ3) is 15.4. The number of nitrogens with two attached hydrogens (primary N) is 2. The molecule has 0 heterocycles. The highest BCUT2D eigenvalue weighted by molar-refractivity contribution is 5.95. The van der Waals surface area contributed by atoms with E-state index in [4.69, 9.17) is 11.5 Å². The van der Waals surface area contributed by atoms with Crippen LogP contribution in [0, 0.1) is 17.8 Å². The summed E-state index contributed by atoms with van der Waals surface area (Å²) in [5.74, 6) is -1.85. The van der Waals surface area contributed by atoms with Crippen molar-refractivity contribution in [2.24, 2.45) is 34.2 Å². The number of ketones is 3. The molecule has 2 aromatic rings. The molecule has 0 aliphatic carbocycles. The number of nitrogens with zero attached hydrogens (tertiary/aromatic N) is 1. The molecule has 0 saturated heterocycles. The maximum atomic E-state index is 14.1. The van der Waals surface area contributed by atoms with Crippen molar-refractivity contribution >= 4 is 29.2 Å². The lowest BCUT2D eigenvalue weighted by molar-refractivity contribution is -0.134. The first-order valence-corrected chi connectivity index (χ1v) is 17.7. The number of nitrogens with one attached hydrogen (secondary N) is 2. The maximum absolute atomic E-state index is 14.1. The lowest BCUT2D eigenvalue weighted by Crippen LogP contribution is -2.47. The van der Waals surface area contributed by atoms with Crippen LogP contribution in [-0.4, -0.2) is 53.9 Å². The molecule has 0 aliphatic rings. The Balaban J connectivity index is 2.35. The van der Waals surface area contributed by atoms with Gasteiger partial charge in [-0.1, -0.05) is 115 Å². The third-order valence-corrected chi connectivity index (χ3v) is 8.57. The normalized spacial score (nSPS) is 13.8. The van der Waals surface area contributed by atoms with Crippen LogP contribution in [0.2, 0.25) is 0 Å². The largest absolute Gasteiger partial charge is 0.370 e. The second-order valence-electron chi connectivity index (χ2n) is 13.6. The van der Waals surface area contributed by atoms with Gasteiger partial charge >= 0.3 is 0 Å². The van der Waals surface area contributed by atoms with E-state index < -0.39 is 23.9 Å². The smallest absolute Gasteiger partial charge is 0.224 e. The average molecular weight is 662 g/mol. The molecule has 1 amide bonds. The van der Waals surface area contributed by atoms with E-state index in [0.29, 0.717) is 38.6 Å². The molecule has 9 nitrogen and oxygen atoms in total. The number of carbonyl (C=O) groups excluding carboxylic acids is 4. The first-order valence-electron chi connectivity index (χ1n) is 17.7. The van der Waals surface area contributed by atoms with Gasteiger partial charge in [0.1, 0.15) is 5.78 Å². The fraction of sp³-hybridized carbons (Fsp3) is 0.564. The number of unbranched alkanes of at least 4 members (excludes halogenated alkanes) is 2. The van der Waals surface area contributed by atoms with E-state index >= 15 is 0 Å². The minimum absolute atomic E-state index is 0.0122. The SMILES string of the molecule is CCCCCC(CC(=O)C(CCCN=C(N)N)NC(=O)C(CC(=O)C(Cc1ccccc1)NC(C)C)Cc1ccccc1)C(=O)C(C)C. The maximum Gasteiger partial charge on any atom is 0.224 e. The summed E-state index contributed by atoms with van der Waals surface area (Å²) in [5.41, 5.74) is 13.0. The molecular formula is C39H59N5O4. The van der Waals surface area contributed by atoms with Crippen molar-refractivity contribution in [1.82, 2.24) is 10.6 Å². The molecular weight excluding hydrogens is 602 g/mol. The van der Waals surface area contributed by atoms with E-state index in [9.17, 15) is 19.2 Å². The van der Waals surface area contributed by atoms with E-state index in [1.807, 2.05) is 88.4 Å². The number of carbonyl (C=O) groups is 4. The molecule has 0 bridgehead atoms. The standard InChI is InChI=1S/C39H59N5O4/c1-6-7-10-20-31(37(47)27(2)3)25-35(45)33(21-15-22-42-39(40)41)44-38(48)32(23-29-16-11-8-12-17-29)26-36(46)34(43-28(4)5)24-30-18-13-9-14-19-30/h8-9,11-14,16-19,27-28,31-34,43H,6-7,10,15,20-26H2,1-5H3,(H,44,48)(H4,40,41,42). The van der Waals surface area contributed by atoms with Crippen molar-refractivity contribution in [3.05, 3.63) is 71.8 Å². The van der Waals surface area contributed by atoms with Gasteiger partial charge in [0.25, 0.3) is 0 Å². The predicted octanol–water partition coefficient (Wildman–Crippen LogP) is 5.33. The highest BCUT2D eigenvalue weighted by Crippen LogP contribution is 2.22. The van der Waals surface area contributed by atoms with Crippen molar-refractivity contribution in [3.8, 4) is 0 Å². The fourth-order valence-corrected chi connectivity index (χ4v) is 6.01. The van der Waals surface area contributed by atoms with Crippen LogP contribution < -0.4 is 22.1 Å². The molecule has 264 valence electrons. The minimum atomic E-state index is -0.831. The fourth-order valence-electron chi connectivity index (χ4n) is 6.01. The van der Waals surface area contributed by atoms with Crippen LogP contribution in [0.4, 0.5) is 0 Å². The van der Waals surface area contributed by atoms with Gasteiger partial charge in [-0.25, -0.2) is 0 Å². The summed E-state index contributed by atoms with van der Waals surface area (Å²) in [5, 5.41) is 6.42. The second-order valence-corrected chi connectivity index (χ2v) is 13.6. The van der Waals surface area contributed by atoms with Crippen LogP contribution in [0.15, 0.2) is 65.7 Å². The van der Waals surface area contributed by atoms with Gasteiger partial charge in [-0.05, 0) is 43.2 Å². The van der Waals surface area contributed by atoms with Crippen LogP contribution in [0.5, 0.6) is 0 Å². The zero-order valence-corrected chi connectivity index (χ0v) is 29.8. The lowest BCUT2D eigenvalue weighted by Gasteiger charge is -2.26. The zero-order chi connectivity index (χ0) is 35.5. The van der Waals surface area contributed by atoms with Gasteiger partial charge in [-0.15, -0.1) is 0 Å². The molecule has 9 heteroatoms. The molecule has 2 rings (SSSR count). The molecule has 48 heavy (non-hydrogen) atoms. The molecule has 0 aliphatic heterocycles. The predicted molar refractivity (Wildman–Crippen MR) is 194 cm³/mol. The van der Waals surface area contributed by atoms with E-state index in [-0.39, 0.29) is 54.0 Å². The molecule has 6 N–H and O–H groups in total. The van der Waals surface area contributed by atoms with Crippen LogP contribution in [0.25, 0.3) is 0 Å². The molecule has 0 spiro atoms. The van der Waals surface area contributed by atoms with Crippen molar-refractivity contribution in [3.63, 3.8) is 0 Å². The van der Waals surface area contributed by atoms with Crippen molar-refractivity contribution in [2.45, 2.75) is 117 Å². The van der Waals surface area contributed by atoms with Gasteiger partial charge in [0.15, 0.2) is 17.5 Å². The van der Waals surface area contributed by atoms with E-state index in [1.165, 1.54) is 0 Å². The highest BCUT2D eigenvalue weighted by atomic mass is 16.2. The first-order chi connectivity index (χ1) is 22.9. The topological polar surface area (TPSA) is 157 Å². The molecule has 0 radical (unpaired) electrons. The van der Waals surface area contributed by atoms with E-state index in [1.54, 1.807) is 0 Å². The summed E-state index contributed by atoms with van der Waals surface area (Å²) >= 11 is 0. The minimum Gasteiger partial charge on any atom is -0.370 e. The second kappa shape index (κ2) is 21.9. The Kier molecular flexibility index (Phi) is 18.4. The monoisotopic (exact) mass is 661 g/mol. The lowest BCUT2D eigenvalue weighted by atomic mass is 9.84. The highest BCUT2D eigenvalue weighted by Gasteiger charge is 2.32. The summed E-state index contributed by atoms with van der Waals surface area (Å²) in [6.45, 7) is 10.1. The van der Waals surface area contributed by atoms with Gasteiger partial charge in [0.05, 0.1) is 12.1 Å². The van der Waals surface area contributed by atoms with E-state index in [0.717, 1.165) is 30.4 Å². The first kappa shape index (κ1) is 40.3. The Hall–Kier alpha value is -3.85. The molecule has 0 saturated carbocycles.